The Bertz CT molecular complexity index is 1240. The molecule has 33 heavy (non-hydrogen) atoms. The van der Waals surface area contributed by atoms with E-state index in [4.69, 9.17) is 14.2 Å². The number of ether oxygens (including phenoxy) is 3. The molecule has 5 rings (SSSR count). The average molecular weight is 463 g/mol. The highest BCUT2D eigenvalue weighted by atomic mass is 32.1. The average Bonchev–Trinajstić information content (AvgIpc) is 3.44. The Labute approximate surface area is 195 Å². The normalized spacial score (nSPS) is 15.2. The first-order valence-electron chi connectivity index (χ1n) is 10.7. The van der Waals surface area contributed by atoms with E-state index in [-0.39, 0.29) is 11.6 Å². The summed E-state index contributed by atoms with van der Waals surface area (Å²) in [5.74, 6) is 1.06. The highest BCUT2D eigenvalue weighted by Gasteiger charge is 2.41. The smallest absolute Gasteiger partial charge is 0.282 e. The standard InChI is InChI=1S/C25H22N2O5S/c1-2-10-30-18-6-3-5-17(15-18)27-24(28)22(21-7-4-13-33-21)23(25(27)29)26-16-8-9-19-20(14-16)32-12-11-31-19/h3-9,13-15,26H,2,10-12H2,1H3. The molecule has 2 amide bonds. The van der Waals surface area contributed by atoms with Crippen molar-refractivity contribution in [1.29, 1.82) is 0 Å². The molecule has 0 saturated carbocycles. The van der Waals surface area contributed by atoms with Gasteiger partial charge in [0.2, 0.25) is 0 Å². The molecule has 3 heterocycles. The SMILES string of the molecule is CCCOc1cccc(N2C(=O)C(Nc3ccc4c(c3)OCCO4)=C(c3cccs3)C2=O)c1. The zero-order valence-corrected chi connectivity index (χ0v) is 18.8. The van der Waals surface area contributed by atoms with Crippen molar-refractivity contribution < 1.29 is 23.8 Å². The van der Waals surface area contributed by atoms with Crippen LogP contribution in [0.5, 0.6) is 17.2 Å². The predicted molar refractivity (Wildman–Crippen MR) is 127 cm³/mol. The summed E-state index contributed by atoms with van der Waals surface area (Å²) < 4.78 is 16.9. The molecule has 0 aliphatic carbocycles. The fourth-order valence-corrected chi connectivity index (χ4v) is 4.50. The number of imide groups is 1. The van der Waals surface area contributed by atoms with Crippen molar-refractivity contribution in [2.24, 2.45) is 0 Å². The fraction of sp³-hybridized carbons (Fsp3) is 0.200. The lowest BCUT2D eigenvalue weighted by molar-refractivity contribution is -0.120. The first kappa shape index (κ1) is 21.1. The van der Waals surface area contributed by atoms with Crippen molar-refractivity contribution in [1.82, 2.24) is 0 Å². The molecule has 2 aliphatic rings. The summed E-state index contributed by atoms with van der Waals surface area (Å²) in [5, 5.41) is 5.04. The molecule has 2 aromatic carbocycles. The number of fused-ring (bicyclic) bond motifs is 1. The summed E-state index contributed by atoms with van der Waals surface area (Å²) in [5.41, 5.74) is 1.65. The largest absolute Gasteiger partial charge is 0.494 e. The molecule has 7 nitrogen and oxygen atoms in total. The van der Waals surface area contributed by atoms with Gasteiger partial charge in [0.1, 0.15) is 24.7 Å². The first-order valence-corrected chi connectivity index (χ1v) is 11.6. The van der Waals surface area contributed by atoms with Gasteiger partial charge in [-0.2, -0.15) is 0 Å². The molecule has 2 aliphatic heterocycles. The van der Waals surface area contributed by atoms with Gasteiger partial charge in [-0.25, -0.2) is 4.90 Å². The van der Waals surface area contributed by atoms with Crippen LogP contribution in [-0.2, 0) is 9.59 Å². The van der Waals surface area contributed by atoms with Crippen LogP contribution in [0.1, 0.15) is 18.2 Å². The van der Waals surface area contributed by atoms with Crippen molar-refractivity contribution in [2.75, 3.05) is 30.0 Å². The van der Waals surface area contributed by atoms with Crippen molar-refractivity contribution in [2.45, 2.75) is 13.3 Å². The summed E-state index contributed by atoms with van der Waals surface area (Å²) in [6.45, 7) is 3.53. The van der Waals surface area contributed by atoms with Crippen LogP contribution in [0, 0.1) is 0 Å². The van der Waals surface area contributed by atoms with E-state index >= 15 is 0 Å². The van der Waals surface area contributed by atoms with Crippen LogP contribution in [0.25, 0.3) is 5.57 Å². The van der Waals surface area contributed by atoms with Crippen LogP contribution in [0.3, 0.4) is 0 Å². The summed E-state index contributed by atoms with van der Waals surface area (Å²) in [4.78, 5) is 28.9. The van der Waals surface area contributed by atoms with E-state index in [0.29, 0.717) is 58.9 Å². The third-order valence-electron chi connectivity index (χ3n) is 5.21. The summed E-state index contributed by atoms with van der Waals surface area (Å²) >= 11 is 1.41. The Morgan fingerprint density at radius 2 is 1.85 bits per heavy atom. The highest BCUT2D eigenvalue weighted by Crippen LogP contribution is 2.38. The van der Waals surface area contributed by atoms with Gasteiger partial charge in [0, 0.05) is 22.7 Å². The Hall–Kier alpha value is -3.78. The van der Waals surface area contributed by atoms with Gasteiger partial charge in [0.25, 0.3) is 11.8 Å². The third kappa shape index (κ3) is 4.05. The third-order valence-corrected chi connectivity index (χ3v) is 6.10. The number of carbonyl (C=O) groups excluding carboxylic acids is 2. The number of carbonyl (C=O) groups is 2. The highest BCUT2D eigenvalue weighted by molar-refractivity contribution is 7.11. The van der Waals surface area contributed by atoms with E-state index in [1.54, 1.807) is 36.4 Å². The van der Waals surface area contributed by atoms with Gasteiger partial charge in [-0.1, -0.05) is 19.1 Å². The number of rotatable bonds is 7. The molecular formula is C25H22N2O5S. The van der Waals surface area contributed by atoms with Crippen LogP contribution in [0.2, 0.25) is 0 Å². The number of anilines is 2. The number of amides is 2. The predicted octanol–water partition coefficient (Wildman–Crippen LogP) is 4.70. The van der Waals surface area contributed by atoms with Gasteiger partial charge in [-0.15, -0.1) is 11.3 Å². The van der Waals surface area contributed by atoms with Crippen molar-refractivity contribution in [3.05, 3.63) is 70.6 Å². The quantitative estimate of drug-likeness (QED) is 0.513. The van der Waals surface area contributed by atoms with Crippen LogP contribution >= 0.6 is 11.3 Å². The second kappa shape index (κ2) is 8.99. The first-order chi connectivity index (χ1) is 16.2. The van der Waals surface area contributed by atoms with Crippen molar-refractivity contribution in [3.63, 3.8) is 0 Å². The number of nitrogens with one attached hydrogen (secondary N) is 1. The van der Waals surface area contributed by atoms with Crippen LogP contribution < -0.4 is 24.4 Å². The second-order valence-electron chi connectivity index (χ2n) is 7.50. The van der Waals surface area contributed by atoms with Crippen molar-refractivity contribution >= 4 is 40.1 Å². The summed E-state index contributed by atoms with van der Waals surface area (Å²) in [7, 11) is 0. The molecule has 3 aromatic rings. The van der Waals surface area contributed by atoms with Gasteiger partial charge in [0.05, 0.1) is 17.9 Å². The van der Waals surface area contributed by atoms with E-state index < -0.39 is 5.91 Å². The number of benzene rings is 2. The number of thiophene rings is 1. The zero-order valence-electron chi connectivity index (χ0n) is 18.0. The molecule has 0 radical (unpaired) electrons. The topological polar surface area (TPSA) is 77.1 Å². The van der Waals surface area contributed by atoms with E-state index in [1.165, 1.54) is 16.2 Å². The summed E-state index contributed by atoms with van der Waals surface area (Å²) in [6, 6.07) is 16.1. The fourth-order valence-electron chi connectivity index (χ4n) is 3.73. The minimum absolute atomic E-state index is 0.221. The maximum Gasteiger partial charge on any atom is 0.282 e. The number of hydrogen-bond acceptors (Lipinski definition) is 7. The van der Waals surface area contributed by atoms with Crippen LogP contribution in [0.15, 0.2) is 65.7 Å². The minimum atomic E-state index is -0.425. The monoisotopic (exact) mass is 462 g/mol. The van der Waals surface area contributed by atoms with Crippen LogP contribution in [-0.4, -0.2) is 31.6 Å². The molecule has 0 saturated heterocycles. The molecular weight excluding hydrogens is 440 g/mol. The second-order valence-corrected chi connectivity index (χ2v) is 8.45. The molecule has 1 N–H and O–H groups in total. The van der Waals surface area contributed by atoms with E-state index in [9.17, 15) is 9.59 Å². The number of hydrogen-bond donors (Lipinski definition) is 1. The minimum Gasteiger partial charge on any atom is -0.494 e. The summed E-state index contributed by atoms with van der Waals surface area (Å²) in [6.07, 6.45) is 0.861. The Kier molecular flexibility index (Phi) is 5.75. The van der Waals surface area contributed by atoms with E-state index in [1.807, 2.05) is 30.5 Å². The van der Waals surface area contributed by atoms with Crippen molar-refractivity contribution in [3.8, 4) is 17.2 Å². The molecule has 1 aromatic heterocycles. The van der Waals surface area contributed by atoms with E-state index in [0.717, 1.165) is 6.42 Å². The Morgan fingerprint density at radius 3 is 2.64 bits per heavy atom. The molecule has 168 valence electrons. The Balaban J connectivity index is 1.51. The van der Waals surface area contributed by atoms with E-state index in [2.05, 4.69) is 5.32 Å². The van der Waals surface area contributed by atoms with Gasteiger partial charge in [-0.3, -0.25) is 9.59 Å². The molecule has 8 heteroatoms. The van der Waals surface area contributed by atoms with Gasteiger partial charge < -0.3 is 19.5 Å². The lowest BCUT2D eigenvalue weighted by atomic mass is 10.1. The lowest BCUT2D eigenvalue weighted by Gasteiger charge is -2.19. The van der Waals surface area contributed by atoms with Gasteiger partial charge >= 0.3 is 0 Å². The Morgan fingerprint density at radius 1 is 1.00 bits per heavy atom. The van der Waals surface area contributed by atoms with Gasteiger partial charge in [0.15, 0.2) is 11.5 Å². The molecule has 0 unspecified atom stereocenters. The number of nitrogens with zero attached hydrogens (tertiary/aromatic N) is 1. The molecule has 0 atom stereocenters. The molecule has 0 bridgehead atoms. The molecule has 0 fully saturated rings. The lowest BCUT2D eigenvalue weighted by Crippen LogP contribution is -2.32. The maximum absolute atomic E-state index is 13.5. The zero-order chi connectivity index (χ0) is 22.8. The maximum atomic E-state index is 13.5. The molecule has 0 spiro atoms. The van der Waals surface area contributed by atoms with Crippen LogP contribution in [0.4, 0.5) is 11.4 Å². The van der Waals surface area contributed by atoms with Gasteiger partial charge in [-0.05, 0) is 42.1 Å².